The van der Waals surface area contributed by atoms with Crippen LogP contribution < -0.4 is 4.78 Å². The van der Waals surface area contributed by atoms with Crippen molar-refractivity contribution < 1.29 is 4.92 Å². The Morgan fingerprint density at radius 3 is 2.65 bits per heavy atom. The van der Waals surface area contributed by atoms with Gasteiger partial charge in [-0.2, -0.15) is 0 Å². The average Bonchev–Trinajstić information content (AvgIpc) is 2.99. The second kappa shape index (κ2) is 4.68. The van der Waals surface area contributed by atoms with Crippen LogP contribution in [0.4, 0.5) is 5.69 Å². The van der Waals surface area contributed by atoms with E-state index in [-0.39, 0.29) is 10.6 Å². The molecule has 0 aliphatic heterocycles. The Morgan fingerprint density at radius 2 is 2.05 bits per heavy atom. The molecule has 0 bridgehead atoms. The van der Waals surface area contributed by atoms with Crippen LogP contribution in [-0.2, 0) is 0 Å². The molecular weight excluding hydrogens is 291 g/mol. The van der Waals surface area contributed by atoms with E-state index in [9.17, 15) is 10.1 Å². The molecule has 0 aliphatic carbocycles. The van der Waals surface area contributed by atoms with E-state index in [4.69, 9.17) is 7.85 Å². The Kier molecular flexibility index (Phi) is 3.10. The molecule has 0 saturated heterocycles. The van der Waals surface area contributed by atoms with Gasteiger partial charge < -0.3 is 0 Å². The molecule has 0 saturated carbocycles. The van der Waals surface area contributed by atoms with Crippen molar-refractivity contribution in [2.45, 2.75) is 13.8 Å². The van der Waals surface area contributed by atoms with E-state index in [1.54, 1.807) is 13.0 Å². The fourth-order valence-corrected chi connectivity index (χ4v) is 4.07. The molecule has 0 N–H and O–H groups in total. The highest BCUT2D eigenvalue weighted by molar-refractivity contribution is 7.28. The topological polar surface area (TPSA) is 56.0 Å². The Bertz CT molecular complexity index is 838. The Hall–Kier alpha value is -1.73. The fourth-order valence-electron chi connectivity index (χ4n) is 2.10. The van der Waals surface area contributed by atoms with Gasteiger partial charge in [-0.3, -0.25) is 10.1 Å². The standard InChI is InChI=1S/C13H9BN2O2S2/c1-6-5-8(16(17)18)7(2)12-11(6)15-13(20-12)9-3-4-10(14)19-9/h3-5H,1-2H3. The van der Waals surface area contributed by atoms with Gasteiger partial charge in [0.2, 0.25) is 0 Å². The molecule has 0 fully saturated rings. The van der Waals surface area contributed by atoms with Gasteiger partial charge >= 0.3 is 0 Å². The Balaban J connectivity index is 2.28. The van der Waals surface area contributed by atoms with Crippen molar-refractivity contribution in [3.63, 3.8) is 0 Å². The molecule has 2 heterocycles. The molecule has 0 amide bonds. The van der Waals surface area contributed by atoms with Gasteiger partial charge in [0.1, 0.15) is 12.9 Å². The number of nitro groups is 1. The number of hydrogen-bond donors (Lipinski definition) is 0. The molecule has 0 atom stereocenters. The third kappa shape index (κ3) is 2.03. The molecule has 7 heteroatoms. The van der Waals surface area contributed by atoms with Gasteiger partial charge in [-0.1, -0.05) is 6.07 Å². The van der Waals surface area contributed by atoms with Crippen LogP contribution in [0, 0.1) is 24.0 Å². The number of benzene rings is 1. The van der Waals surface area contributed by atoms with E-state index >= 15 is 0 Å². The van der Waals surface area contributed by atoms with Crippen molar-refractivity contribution in [3.05, 3.63) is 39.4 Å². The molecule has 3 rings (SSSR count). The van der Waals surface area contributed by atoms with Crippen molar-refractivity contribution >= 4 is 51.2 Å². The SMILES string of the molecule is [B]c1ccc(-c2nc3c(C)cc([N+](=O)[O-])c(C)c3s2)s1. The minimum Gasteiger partial charge on any atom is -0.258 e. The number of rotatable bonds is 2. The normalized spacial score (nSPS) is 11.1. The van der Waals surface area contributed by atoms with E-state index in [0.717, 1.165) is 30.4 Å². The number of nitrogens with zero attached hydrogens (tertiary/aromatic N) is 2. The highest BCUT2D eigenvalue weighted by atomic mass is 32.1. The maximum absolute atomic E-state index is 11.1. The van der Waals surface area contributed by atoms with Crippen LogP contribution in [0.3, 0.4) is 0 Å². The molecule has 0 spiro atoms. The highest BCUT2D eigenvalue weighted by Gasteiger charge is 2.19. The van der Waals surface area contributed by atoms with Gasteiger partial charge in [0.05, 0.1) is 20.0 Å². The smallest absolute Gasteiger partial charge is 0.258 e. The first-order valence-electron chi connectivity index (χ1n) is 5.88. The van der Waals surface area contributed by atoms with Crippen molar-refractivity contribution in [1.29, 1.82) is 0 Å². The first kappa shape index (κ1) is 13.3. The van der Waals surface area contributed by atoms with Gasteiger partial charge in [-0.25, -0.2) is 4.98 Å². The first-order valence-corrected chi connectivity index (χ1v) is 7.51. The van der Waals surface area contributed by atoms with Gasteiger partial charge in [0, 0.05) is 11.6 Å². The molecule has 1 aromatic carbocycles. The molecule has 3 aromatic rings. The summed E-state index contributed by atoms with van der Waals surface area (Å²) < 4.78 is 1.61. The zero-order chi connectivity index (χ0) is 14.4. The predicted molar refractivity (Wildman–Crippen MR) is 84.4 cm³/mol. The van der Waals surface area contributed by atoms with Crippen LogP contribution >= 0.6 is 22.7 Å². The second-order valence-corrected chi connectivity index (χ2v) is 6.61. The lowest BCUT2D eigenvalue weighted by Crippen LogP contribution is -1.93. The highest BCUT2D eigenvalue weighted by Crippen LogP contribution is 2.38. The molecule has 0 unspecified atom stereocenters. The minimum absolute atomic E-state index is 0.149. The van der Waals surface area contributed by atoms with Crippen molar-refractivity contribution in [2.75, 3.05) is 0 Å². The lowest BCUT2D eigenvalue weighted by molar-refractivity contribution is -0.385. The average molecular weight is 300 g/mol. The molecule has 0 aliphatic rings. The second-order valence-electron chi connectivity index (χ2n) is 4.49. The van der Waals surface area contributed by atoms with E-state index in [0.29, 0.717) is 5.56 Å². The zero-order valence-electron chi connectivity index (χ0n) is 10.8. The summed E-state index contributed by atoms with van der Waals surface area (Å²) >= 11 is 2.95. The molecule has 2 radical (unpaired) electrons. The predicted octanol–water partition coefficient (Wildman–Crippen LogP) is 3.34. The third-order valence-corrected chi connectivity index (χ3v) is 5.37. The van der Waals surface area contributed by atoms with E-state index < -0.39 is 0 Å². The van der Waals surface area contributed by atoms with Crippen molar-refractivity contribution in [3.8, 4) is 9.88 Å². The van der Waals surface area contributed by atoms with Gasteiger partial charge in [-0.15, -0.1) is 22.7 Å². The van der Waals surface area contributed by atoms with Gasteiger partial charge in [0.25, 0.3) is 5.69 Å². The summed E-state index contributed by atoms with van der Waals surface area (Å²) in [4.78, 5) is 16.3. The molecule has 2 aromatic heterocycles. The number of thiazole rings is 1. The van der Waals surface area contributed by atoms with E-state index in [2.05, 4.69) is 4.98 Å². The monoisotopic (exact) mass is 300 g/mol. The van der Waals surface area contributed by atoms with Crippen LogP contribution in [0.25, 0.3) is 20.1 Å². The van der Waals surface area contributed by atoms with E-state index in [1.807, 2.05) is 19.1 Å². The summed E-state index contributed by atoms with van der Waals surface area (Å²) in [7, 11) is 5.74. The quantitative estimate of drug-likeness (QED) is 0.414. The molecular formula is C13H9BN2O2S2. The maximum Gasteiger partial charge on any atom is 0.274 e. The first-order chi connectivity index (χ1) is 9.47. The van der Waals surface area contributed by atoms with Crippen LogP contribution in [0.2, 0.25) is 0 Å². The number of hydrogen-bond acceptors (Lipinski definition) is 5. The summed E-state index contributed by atoms with van der Waals surface area (Å²) in [5, 5.41) is 11.9. The van der Waals surface area contributed by atoms with Crippen LogP contribution in [0.5, 0.6) is 0 Å². The summed E-state index contributed by atoms with van der Waals surface area (Å²) in [5.41, 5.74) is 2.48. The minimum atomic E-state index is -0.343. The van der Waals surface area contributed by atoms with Crippen LogP contribution in [-0.4, -0.2) is 17.8 Å². The Morgan fingerprint density at radius 1 is 1.30 bits per heavy atom. The lowest BCUT2D eigenvalue weighted by atomic mass is 10.1. The van der Waals surface area contributed by atoms with E-state index in [1.165, 1.54) is 22.7 Å². The van der Waals surface area contributed by atoms with Gasteiger partial charge in [0.15, 0.2) is 0 Å². The van der Waals surface area contributed by atoms with Crippen LogP contribution in [0.15, 0.2) is 18.2 Å². The summed E-state index contributed by atoms with van der Waals surface area (Å²) in [6.45, 7) is 3.62. The third-order valence-electron chi connectivity index (χ3n) is 3.11. The Labute approximate surface area is 124 Å². The summed E-state index contributed by atoms with van der Waals surface area (Å²) in [6, 6.07) is 5.36. The molecule has 4 nitrogen and oxygen atoms in total. The molecule has 20 heavy (non-hydrogen) atoms. The summed E-state index contributed by atoms with van der Waals surface area (Å²) in [6.07, 6.45) is 0. The number of nitro benzene ring substituents is 1. The zero-order valence-corrected chi connectivity index (χ0v) is 12.5. The van der Waals surface area contributed by atoms with Crippen molar-refractivity contribution in [2.24, 2.45) is 0 Å². The van der Waals surface area contributed by atoms with Crippen molar-refractivity contribution in [1.82, 2.24) is 4.98 Å². The lowest BCUT2D eigenvalue weighted by Gasteiger charge is -2.00. The largest absolute Gasteiger partial charge is 0.274 e. The number of thiophene rings is 1. The van der Waals surface area contributed by atoms with Gasteiger partial charge in [-0.05, 0) is 30.3 Å². The summed E-state index contributed by atoms with van der Waals surface area (Å²) in [5.74, 6) is 0. The number of aromatic nitrogens is 1. The molecule has 98 valence electrons. The van der Waals surface area contributed by atoms with Crippen LogP contribution in [0.1, 0.15) is 11.1 Å². The number of aryl methyl sites for hydroxylation is 2. The fraction of sp³-hybridized carbons (Fsp3) is 0.154. The number of fused-ring (bicyclic) bond motifs is 1. The maximum atomic E-state index is 11.1.